The zero-order valence-corrected chi connectivity index (χ0v) is 9.20. The number of hydrogen-bond acceptors (Lipinski definition) is 7. The summed E-state index contributed by atoms with van der Waals surface area (Å²) < 4.78 is 5.09. The molecule has 1 fully saturated rings. The third-order valence-corrected chi connectivity index (χ3v) is 3.20. The fraction of sp³-hybridized carbons (Fsp3) is 0.444. The molecule has 84 valence electrons. The second-order valence-corrected chi connectivity index (χ2v) is 4.47. The molecular formula is C9H10N4O2S. The van der Waals surface area contributed by atoms with E-state index in [-0.39, 0.29) is 5.89 Å². The molecule has 1 aliphatic rings. The zero-order chi connectivity index (χ0) is 11.0. The summed E-state index contributed by atoms with van der Waals surface area (Å²) in [7, 11) is 0. The predicted molar refractivity (Wildman–Crippen MR) is 56.8 cm³/mol. The van der Waals surface area contributed by atoms with E-state index in [4.69, 9.17) is 4.52 Å². The highest BCUT2D eigenvalue weighted by Crippen LogP contribution is 2.27. The van der Waals surface area contributed by atoms with Crippen molar-refractivity contribution in [3.8, 4) is 11.5 Å². The maximum absolute atomic E-state index is 10.2. The van der Waals surface area contributed by atoms with Crippen molar-refractivity contribution >= 4 is 11.3 Å². The van der Waals surface area contributed by atoms with E-state index in [0.717, 1.165) is 6.54 Å². The Labute approximate surface area is 95.3 Å². The van der Waals surface area contributed by atoms with Gasteiger partial charge in [0.15, 0.2) is 5.60 Å². The van der Waals surface area contributed by atoms with Crippen molar-refractivity contribution in [3.05, 3.63) is 16.8 Å². The van der Waals surface area contributed by atoms with Gasteiger partial charge in [0.25, 0.3) is 5.89 Å². The SMILES string of the molecule is OC1(c2nc(-c3cscn3)no2)CCNC1. The number of β-amino-alcohol motifs (C(OH)–C–C–N with tert-alkyl or cyclic N) is 1. The summed E-state index contributed by atoms with van der Waals surface area (Å²) in [6.45, 7) is 1.20. The average molecular weight is 238 g/mol. The number of nitrogens with zero attached hydrogens (tertiary/aromatic N) is 3. The van der Waals surface area contributed by atoms with Crippen LogP contribution in [0.15, 0.2) is 15.4 Å². The third kappa shape index (κ3) is 1.53. The lowest BCUT2D eigenvalue weighted by atomic mass is 10.0. The van der Waals surface area contributed by atoms with Gasteiger partial charge in [0, 0.05) is 11.9 Å². The first-order valence-electron chi connectivity index (χ1n) is 4.94. The van der Waals surface area contributed by atoms with Gasteiger partial charge < -0.3 is 14.9 Å². The Morgan fingerprint density at radius 1 is 1.56 bits per heavy atom. The summed E-state index contributed by atoms with van der Waals surface area (Å²) in [6, 6.07) is 0. The second kappa shape index (κ2) is 3.62. The Morgan fingerprint density at radius 3 is 3.19 bits per heavy atom. The molecule has 1 unspecified atom stereocenters. The molecule has 7 heteroatoms. The largest absolute Gasteiger partial charge is 0.379 e. The van der Waals surface area contributed by atoms with Gasteiger partial charge in [-0.3, -0.25) is 0 Å². The van der Waals surface area contributed by atoms with Crippen LogP contribution in [0, 0.1) is 0 Å². The summed E-state index contributed by atoms with van der Waals surface area (Å²) >= 11 is 1.47. The lowest BCUT2D eigenvalue weighted by molar-refractivity contribution is 0.0243. The lowest BCUT2D eigenvalue weighted by Gasteiger charge is -2.14. The standard InChI is InChI=1S/C9H10N4O2S/c14-9(1-2-10-4-9)8-12-7(13-15-8)6-3-16-5-11-6/h3,5,10,14H,1-2,4H2. The molecule has 1 saturated heterocycles. The van der Waals surface area contributed by atoms with Crippen LogP contribution in [0.5, 0.6) is 0 Å². The van der Waals surface area contributed by atoms with Crippen LogP contribution >= 0.6 is 11.3 Å². The van der Waals surface area contributed by atoms with Crippen molar-refractivity contribution in [1.82, 2.24) is 20.4 Å². The zero-order valence-electron chi connectivity index (χ0n) is 8.38. The van der Waals surface area contributed by atoms with Gasteiger partial charge in [-0.05, 0) is 13.0 Å². The molecule has 16 heavy (non-hydrogen) atoms. The highest BCUT2D eigenvalue weighted by atomic mass is 32.1. The van der Waals surface area contributed by atoms with Crippen molar-refractivity contribution in [3.63, 3.8) is 0 Å². The lowest BCUT2D eigenvalue weighted by Crippen LogP contribution is -2.28. The minimum atomic E-state index is -1.03. The van der Waals surface area contributed by atoms with Gasteiger partial charge in [0.1, 0.15) is 5.69 Å². The van der Waals surface area contributed by atoms with Crippen LogP contribution in [-0.2, 0) is 5.60 Å². The molecular weight excluding hydrogens is 228 g/mol. The molecule has 3 heterocycles. The molecule has 0 aliphatic carbocycles. The average Bonchev–Trinajstić information content (AvgIpc) is 2.98. The predicted octanol–water partition coefficient (Wildman–Crippen LogP) is 0.374. The summed E-state index contributed by atoms with van der Waals surface area (Å²) in [5, 5.41) is 18.9. The van der Waals surface area contributed by atoms with Crippen molar-refractivity contribution < 1.29 is 9.63 Å². The molecule has 1 aliphatic heterocycles. The summed E-state index contributed by atoms with van der Waals surface area (Å²) in [4.78, 5) is 8.27. The van der Waals surface area contributed by atoms with Gasteiger partial charge in [0.05, 0.1) is 5.51 Å². The van der Waals surface area contributed by atoms with E-state index in [9.17, 15) is 5.11 Å². The molecule has 6 nitrogen and oxygen atoms in total. The minimum absolute atomic E-state index is 0.264. The smallest absolute Gasteiger partial charge is 0.260 e. The molecule has 0 spiro atoms. The van der Waals surface area contributed by atoms with E-state index < -0.39 is 5.60 Å². The molecule has 1 atom stereocenters. The topological polar surface area (TPSA) is 84.1 Å². The Morgan fingerprint density at radius 2 is 2.50 bits per heavy atom. The first-order valence-corrected chi connectivity index (χ1v) is 5.88. The normalized spacial score (nSPS) is 25.1. The van der Waals surface area contributed by atoms with Gasteiger partial charge in [-0.2, -0.15) is 4.98 Å². The highest BCUT2D eigenvalue weighted by molar-refractivity contribution is 7.07. The molecule has 0 bridgehead atoms. The minimum Gasteiger partial charge on any atom is -0.379 e. The monoisotopic (exact) mass is 238 g/mol. The van der Waals surface area contributed by atoms with Crippen LogP contribution < -0.4 is 5.32 Å². The van der Waals surface area contributed by atoms with Crippen LogP contribution in [0.1, 0.15) is 12.3 Å². The van der Waals surface area contributed by atoms with E-state index in [1.807, 2.05) is 5.38 Å². The number of hydrogen-bond donors (Lipinski definition) is 2. The van der Waals surface area contributed by atoms with E-state index in [2.05, 4.69) is 20.4 Å². The molecule has 3 rings (SSSR count). The van der Waals surface area contributed by atoms with Crippen LogP contribution in [0.3, 0.4) is 0 Å². The maximum Gasteiger partial charge on any atom is 0.260 e. The second-order valence-electron chi connectivity index (χ2n) is 3.76. The number of aromatic nitrogens is 3. The molecule has 0 radical (unpaired) electrons. The molecule has 2 aromatic heterocycles. The van der Waals surface area contributed by atoms with Crippen LogP contribution in [0.2, 0.25) is 0 Å². The van der Waals surface area contributed by atoms with Gasteiger partial charge in [-0.25, -0.2) is 4.98 Å². The van der Waals surface area contributed by atoms with Crippen LogP contribution in [-0.4, -0.2) is 33.3 Å². The highest BCUT2D eigenvalue weighted by Gasteiger charge is 2.38. The fourth-order valence-electron chi connectivity index (χ4n) is 1.70. The summed E-state index contributed by atoms with van der Waals surface area (Å²) in [5.41, 5.74) is 1.35. The van der Waals surface area contributed by atoms with Crippen molar-refractivity contribution in [2.24, 2.45) is 0 Å². The van der Waals surface area contributed by atoms with Gasteiger partial charge in [0.2, 0.25) is 5.82 Å². The maximum atomic E-state index is 10.2. The van der Waals surface area contributed by atoms with Crippen molar-refractivity contribution in [1.29, 1.82) is 0 Å². The summed E-state index contributed by atoms with van der Waals surface area (Å²) in [5.74, 6) is 0.692. The number of thiazole rings is 1. The quantitative estimate of drug-likeness (QED) is 0.786. The molecule has 2 N–H and O–H groups in total. The van der Waals surface area contributed by atoms with E-state index >= 15 is 0 Å². The molecule has 2 aromatic rings. The first kappa shape index (κ1) is 9.88. The Balaban J connectivity index is 1.93. The van der Waals surface area contributed by atoms with Gasteiger partial charge >= 0.3 is 0 Å². The van der Waals surface area contributed by atoms with E-state index in [1.165, 1.54) is 11.3 Å². The van der Waals surface area contributed by atoms with Crippen molar-refractivity contribution in [2.45, 2.75) is 12.0 Å². The molecule has 0 saturated carbocycles. The molecule has 0 aromatic carbocycles. The van der Waals surface area contributed by atoms with E-state index in [1.54, 1.807) is 5.51 Å². The third-order valence-electron chi connectivity index (χ3n) is 2.62. The van der Waals surface area contributed by atoms with Gasteiger partial charge in [-0.15, -0.1) is 11.3 Å². The Bertz CT molecular complexity index is 475. The number of nitrogens with one attached hydrogen (secondary N) is 1. The van der Waals surface area contributed by atoms with Crippen molar-refractivity contribution in [2.75, 3.05) is 13.1 Å². The van der Waals surface area contributed by atoms with E-state index in [0.29, 0.717) is 24.5 Å². The van der Waals surface area contributed by atoms with Gasteiger partial charge in [-0.1, -0.05) is 5.16 Å². The molecule has 0 amide bonds. The Kier molecular flexibility index (Phi) is 2.23. The summed E-state index contributed by atoms with van der Waals surface area (Å²) in [6.07, 6.45) is 0.589. The first-order chi connectivity index (χ1) is 7.78. The number of rotatable bonds is 2. The van der Waals surface area contributed by atoms with Crippen LogP contribution in [0.4, 0.5) is 0 Å². The fourth-order valence-corrected chi connectivity index (χ4v) is 2.23. The Hall–Kier alpha value is -1.31. The van der Waals surface area contributed by atoms with Crippen LogP contribution in [0.25, 0.3) is 11.5 Å². The number of aliphatic hydroxyl groups is 1.